The van der Waals surface area contributed by atoms with Crippen molar-refractivity contribution in [2.75, 3.05) is 20.8 Å². The Morgan fingerprint density at radius 3 is 2.50 bits per heavy atom. The molecule has 1 fully saturated rings. The lowest BCUT2D eigenvalue weighted by atomic mass is 9.76. The van der Waals surface area contributed by atoms with E-state index >= 15 is 0 Å². The van der Waals surface area contributed by atoms with Crippen LogP contribution in [0.3, 0.4) is 0 Å². The van der Waals surface area contributed by atoms with Crippen LogP contribution >= 0.6 is 0 Å². The fourth-order valence-electron chi connectivity index (χ4n) is 2.50. The minimum absolute atomic E-state index is 0.00219. The first-order valence-electron chi connectivity index (χ1n) is 6.84. The van der Waals surface area contributed by atoms with Crippen LogP contribution in [0.5, 0.6) is 11.5 Å². The molecule has 0 saturated heterocycles. The maximum Gasteiger partial charge on any atom is 0.224 e. The first kappa shape index (κ1) is 14.7. The number of nitrogens with two attached hydrogens (primary N) is 1. The molecule has 1 aromatic rings. The predicted molar refractivity (Wildman–Crippen MR) is 77.0 cm³/mol. The molecule has 20 heavy (non-hydrogen) atoms. The normalized spacial score (nSPS) is 16.1. The number of methoxy groups -OCH3 is 2. The van der Waals surface area contributed by atoms with Gasteiger partial charge in [-0.15, -0.1) is 0 Å². The van der Waals surface area contributed by atoms with Crippen molar-refractivity contribution in [1.29, 1.82) is 0 Å². The number of hydrogen-bond acceptors (Lipinski definition) is 4. The Labute approximate surface area is 119 Å². The van der Waals surface area contributed by atoms with E-state index in [1.807, 2.05) is 18.2 Å². The Bertz CT molecular complexity index is 478. The minimum atomic E-state index is -0.173. The highest BCUT2D eigenvalue weighted by Crippen LogP contribution is 2.31. The van der Waals surface area contributed by atoms with E-state index in [1.165, 1.54) is 0 Å². The SMILES string of the molecule is COc1ccc(CC(=O)NC2(CN)CCC2)cc1OC. The third-order valence-corrected chi connectivity index (χ3v) is 3.92. The van der Waals surface area contributed by atoms with Gasteiger partial charge < -0.3 is 20.5 Å². The van der Waals surface area contributed by atoms with E-state index < -0.39 is 0 Å². The van der Waals surface area contributed by atoms with Crippen LogP contribution in [0.1, 0.15) is 24.8 Å². The minimum Gasteiger partial charge on any atom is -0.493 e. The van der Waals surface area contributed by atoms with Gasteiger partial charge in [-0.2, -0.15) is 0 Å². The number of hydrogen-bond donors (Lipinski definition) is 2. The first-order valence-corrected chi connectivity index (χ1v) is 6.84. The molecule has 2 rings (SSSR count). The first-order chi connectivity index (χ1) is 9.62. The summed E-state index contributed by atoms with van der Waals surface area (Å²) in [6, 6.07) is 5.51. The van der Waals surface area contributed by atoms with Gasteiger partial charge in [-0.05, 0) is 37.0 Å². The van der Waals surface area contributed by atoms with Gasteiger partial charge in [0.05, 0.1) is 26.2 Å². The molecular weight excluding hydrogens is 256 g/mol. The number of rotatable bonds is 6. The van der Waals surface area contributed by atoms with Crippen LogP contribution < -0.4 is 20.5 Å². The van der Waals surface area contributed by atoms with Crippen molar-refractivity contribution < 1.29 is 14.3 Å². The van der Waals surface area contributed by atoms with E-state index in [0.29, 0.717) is 24.5 Å². The monoisotopic (exact) mass is 278 g/mol. The number of nitrogens with one attached hydrogen (secondary N) is 1. The second-order valence-corrected chi connectivity index (χ2v) is 5.25. The van der Waals surface area contributed by atoms with Gasteiger partial charge in [-0.1, -0.05) is 6.07 Å². The van der Waals surface area contributed by atoms with Crippen molar-refractivity contribution in [2.45, 2.75) is 31.2 Å². The average Bonchev–Trinajstić information content (AvgIpc) is 2.42. The summed E-state index contributed by atoms with van der Waals surface area (Å²) in [7, 11) is 3.17. The molecule has 1 aromatic carbocycles. The Kier molecular flexibility index (Phi) is 4.49. The highest BCUT2D eigenvalue weighted by Gasteiger charge is 2.36. The van der Waals surface area contributed by atoms with E-state index in [-0.39, 0.29) is 11.4 Å². The van der Waals surface area contributed by atoms with Gasteiger partial charge in [0, 0.05) is 6.54 Å². The van der Waals surface area contributed by atoms with Gasteiger partial charge in [0.25, 0.3) is 0 Å². The van der Waals surface area contributed by atoms with Crippen LogP contribution in [0.25, 0.3) is 0 Å². The van der Waals surface area contributed by atoms with Crippen molar-refractivity contribution >= 4 is 5.91 Å². The third kappa shape index (κ3) is 3.04. The van der Waals surface area contributed by atoms with Crippen LogP contribution in [0.2, 0.25) is 0 Å². The van der Waals surface area contributed by atoms with Crippen LogP contribution in [0.4, 0.5) is 0 Å². The molecule has 0 radical (unpaired) electrons. The van der Waals surface area contributed by atoms with E-state index in [2.05, 4.69) is 5.32 Å². The summed E-state index contributed by atoms with van der Waals surface area (Å²) in [6.07, 6.45) is 3.40. The molecular formula is C15H22N2O3. The highest BCUT2D eigenvalue weighted by molar-refractivity contribution is 5.79. The number of amides is 1. The van der Waals surface area contributed by atoms with Crippen molar-refractivity contribution in [2.24, 2.45) is 5.73 Å². The molecule has 0 atom stereocenters. The molecule has 5 heteroatoms. The van der Waals surface area contributed by atoms with E-state index in [4.69, 9.17) is 15.2 Å². The van der Waals surface area contributed by atoms with Crippen LogP contribution in [0, 0.1) is 0 Å². The molecule has 0 aromatic heterocycles. The Balaban J connectivity index is 2.00. The summed E-state index contributed by atoms with van der Waals surface area (Å²) >= 11 is 0. The molecule has 1 aliphatic rings. The standard InChI is InChI=1S/C15H22N2O3/c1-19-12-5-4-11(8-13(12)20-2)9-14(18)17-15(10-16)6-3-7-15/h4-5,8H,3,6-7,9-10,16H2,1-2H3,(H,17,18). The van der Waals surface area contributed by atoms with Gasteiger partial charge in [0.1, 0.15) is 0 Å². The smallest absolute Gasteiger partial charge is 0.224 e. The maximum atomic E-state index is 12.1. The fraction of sp³-hybridized carbons (Fsp3) is 0.533. The molecule has 1 amide bonds. The number of benzene rings is 1. The summed E-state index contributed by atoms with van der Waals surface area (Å²) in [5, 5.41) is 3.06. The molecule has 0 spiro atoms. The maximum absolute atomic E-state index is 12.1. The van der Waals surface area contributed by atoms with Crippen molar-refractivity contribution in [3.05, 3.63) is 23.8 Å². The van der Waals surface area contributed by atoms with Crippen molar-refractivity contribution in [3.8, 4) is 11.5 Å². The molecule has 0 aliphatic heterocycles. The summed E-state index contributed by atoms with van der Waals surface area (Å²) in [5.74, 6) is 1.30. The Morgan fingerprint density at radius 1 is 1.30 bits per heavy atom. The van der Waals surface area contributed by atoms with Crippen LogP contribution in [0.15, 0.2) is 18.2 Å². The lowest BCUT2D eigenvalue weighted by Gasteiger charge is -2.41. The largest absolute Gasteiger partial charge is 0.493 e. The fourth-order valence-corrected chi connectivity index (χ4v) is 2.50. The van der Waals surface area contributed by atoms with E-state index in [9.17, 15) is 4.79 Å². The van der Waals surface area contributed by atoms with Crippen LogP contribution in [-0.2, 0) is 11.2 Å². The second-order valence-electron chi connectivity index (χ2n) is 5.25. The molecule has 110 valence electrons. The quantitative estimate of drug-likeness (QED) is 0.821. The van der Waals surface area contributed by atoms with E-state index in [0.717, 1.165) is 24.8 Å². The summed E-state index contributed by atoms with van der Waals surface area (Å²) in [6.45, 7) is 0.505. The van der Waals surface area contributed by atoms with E-state index in [1.54, 1.807) is 14.2 Å². The molecule has 3 N–H and O–H groups in total. The zero-order chi connectivity index (χ0) is 14.6. The average molecular weight is 278 g/mol. The van der Waals surface area contributed by atoms with Gasteiger partial charge in [0.15, 0.2) is 11.5 Å². The predicted octanol–water partition coefficient (Wildman–Crippen LogP) is 1.24. The number of ether oxygens (including phenoxy) is 2. The number of carbonyl (C=O) groups excluding carboxylic acids is 1. The molecule has 0 bridgehead atoms. The highest BCUT2D eigenvalue weighted by atomic mass is 16.5. The molecule has 0 heterocycles. The zero-order valence-electron chi connectivity index (χ0n) is 12.1. The van der Waals surface area contributed by atoms with Crippen molar-refractivity contribution in [3.63, 3.8) is 0 Å². The Hall–Kier alpha value is -1.75. The van der Waals surface area contributed by atoms with Crippen molar-refractivity contribution in [1.82, 2.24) is 5.32 Å². The lowest BCUT2D eigenvalue weighted by molar-refractivity contribution is -0.123. The van der Waals surface area contributed by atoms with Gasteiger partial charge in [-0.3, -0.25) is 4.79 Å². The summed E-state index contributed by atoms with van der Waals surface area (Å²) in [5.41, 5.74) is 6.46. The summed E-state index contributed by atoms with van der Waals surface area (Å²) < 4.78 is 10.4. The van der Waals surface area contributed by atoms with Gasteiger partial charge in [-0.25, -0.2) is 0 Å². The molecule has 5 nitrogen and oxygen atoms in total. The van der Waals surface area contributed by atoms with Gasteiger partial charge in [0.2, 0.25) is 5.91 Å². The van der Waals surface area contributed by atoms with Crippen LogP contribution in [-0.4, -0.2) is 32.2 Å². The van der Waals surface area contributed by atoms with Gasteiger partial charge >= 0.3 is 0 Å². The number of carbonyl (C=O) groups is 1. The second kappa shape index (κ2) is 6.13. The molecule has 1 saturated carbocycles. The molecule has 1 aliphatic carbocycles. The molecule has 0 unspecified atom stereocenters. The third-order valence-electron chi connectivity index (χ3n) is 3.92. The topological polar surface area (TPSA) is 73.6 Å². The Morgan fingerprint density at radius 2 is 2.00 bits per heavy atom. The lowest BCUT2D eigenvalue weighted by Crippen LogP contribution is -2.58. The summed E-state index contributed by atoms with van der Waals surface area (Å²) in [4.78, 5) is 12.1. The zero-order valence-corrected chi connectivity index (χ0v) is 12.1.